The second-order valence-electron chi connectivity index (χ2n) is 6.20. The van der Waals surface area contributed by atoms with Crippen LogP contribution in [0.5, 0.6) is 5.75 Å². The van der Waals surface area contributed by atoms with Crippen molar-refractivity contribution in [2.24, 2.45) is 10.9 Å². The monoisotopic (exact) mass is 460 g/mol. The zero-order valence-electron chi connectivity index (χ0n) is 15.0. The molecule has 0 spiro atoms. The van der Waals surface area contributed by atoms with Gasteiger partial charge in [-0.05, 0) is 37.8 Å². The van der Waals surface area contributed by atoms with E-state index < -0.39 is 0 Å². The molecule has 0 saturated carbocycles. The van der Waals surface area contributed by atoms with E-state index in [9.17, 15) is 9.90 Å². The number of piperidine rings is 1. The number of para-hydroxylation sites is 1. The fourth-order valence-corrected chi connectivity index (χ4v) is 2.90. The number of nitrogens with one attached hydrogen (secondary N) is 2. The van der Waals surface area contributed by atoms with Crippen molar-refractivity contribution in [3.05, 3.63) is 29.8 Å². The van der Waals surface area contributed by atoms with Crippen LogP contribution in [0.25, 0.3) is 0 Å². The van der Waals surface area contributed by atoms with E-state index in [4.69, 9.17) is 0 Å². The maximum atomic E-state index is 12.0. The lowest BCUT2D eigenvalue weighted by molar-refractivity contribution is 0.0952. The van der Waals surface area contributed by atoms with Gasteiger partial charge in [-0.25, -0.2) is 0 Å². The number of rotatable bonds is 5. The van der Waals surface area contributed by atoms with Crippen molar-refractivity contribution in [1.29, 1.82) is 0 Å². The molecule has 0 aromatic heterocycles. The van der Waals surface area contributed by atoms with Gasteiger partial charge in [0.1, 0.15) is 5.75 Å². The summed E-state index contributed by atoms with van der Waals surface area (Å²) < 4.78 is 0. The molecule has 1 fully saturated rings. The first-order valence-electron chi connectivity index (χ1n) is 8.71. The summed E-state index contributed by atoms with van der Waals surface area (Å²) in [5, 5.41) is 15.8. The number of hydrogen-bond acceptors (Lipinski definition) is 3. The first-order chi connectivity index (χ1) is 11.6. The average Bonchev–Trinajstić information content (AvgIpc) is 2.58. The molecule has 1 unspecified atom stereocenters. The number of aliphatic imine (C=N–C) groups is 1. The molecule has 0 radical (unpaired) electrons. The molecular formula is C18H29IN4O2. The third kappa shape index (κ3) is 6.72. The van der Waals surface area contributed by atoms with Crippen molar-refractivity contribution in [3.63, 3.8) is 0 Å². The molecule has 0 aliphatic carbocycles. The Labute approximate surface area is 167 Å². The van der Waals surface area contributed by atoms with Crippen molar-refractivity contribution in [1.82, 2.24) is 15.5 Å². The fourth-order valence-electron chi connectivity index (χ4n) is 2.90. The van der Waals surface area contributed by atoms with E-state index in [1.165, 1.54) is 18.9 Å². The second kappa shape index (κ2) is 11.2. The van der Waals surface area contributed by atoms with Gasteiger partial charge in [0.2, 0.25) is 0 Å². The first kappa shape index (κ1) is 21.5. The molecule has 1 aliphatic heterocycles. The number of phenols is 1. The van der Waals surface area contributed by atoms with Crippen molar-refractivity contribution in [2.45, 2.75) is 26.7 Å². The molecule has 1 amide bonds. The molecule has 1 saturated heterocycles. The Hall–Kier alpha value is -1.51. The Bertz CT molecular complexity index is 580. The van der Waals surface area contributed by atoms with E-state index >= 15 is 0 Å². The number of nitrogens with zero attached hydrogens (tertiary/aromatic N) is 2. The predicted molar refractivity (Wildman–Crippen MR) is 112 cm³/mol. The number of carbonyl (C=O) groups is 1. The highest BCUT2D eigenvalue weighted by atomic mass is 127. The molecule has 3 N–H and O–H groups in total. The van der Waals surface area contributed by atoms with Gasteiger partial charge in [0.15, 0.2) is 5.96 Å². The number of halogens is 1. The van der Waals surface area contributed by atoms with E-state index in [1.54, 1.807) is 18.2 Å². The summed E-state index contributed by atoms with van der Waals surface area (Å²) >= 11 is 0. The largest absolute Gasteiger partial charge is 0.507 e. The van der Waals surface area contributed by atoms with Crippen LogP contribution in [-0.4, -0.2) is 54.6 Å². The van der Waals surface area contributed by atoms with Crippen LogP contribution in [0.2, 0.25) is 0 Å². The van der Waals surface area contributed by atoms with Crippen molar-refractivity contribution in [2.75, 3.05) is 32.7 Å². The smallest absolute Gasteiger partial charge is 0.255 e. The van der Waals surface area contributed by atoms with Crippen LogP contribution < -0.4 is 10.6 Å². The minimum Gasteiger partial charge on any atom is -0.507 e. The van der Waals surface area contributed by atoms with Crippen LogP contribution in [-0.2, 0) is 0 Å². The summed E-state index contributed by atoms with van der Waals surface area (Å²) in [5.41, 5.74) is 0.290. The Morgan fingerprint density at radius 2 is 2.12 bits per heavy atom. The van der Waals surface area contributed by atoms with Gasteiger partial charge in [-0.1, -0.05) is 19.1 Å². The molecule has 0 bridgehead atoms. The van der Waals surface area contributed by atoms with Crippen molar-refractivity contribution < 1.29 is 9.90 Å². The summed E-state index contributed by atoms with van der Waals surface area (Å²) in [6.07, 6.45) is 2.46. The molecule has 1 atom stereocenters. The van der Waals surface area contributed by atoms with Crippen LogP contribution in [0.3, 0.4) is 0 Å². The lowest BCUT2D eigenvalue weighted by Crippen LogP contribution is -2.46. The van der Waals surface area contributed by atoms with Crippen LogP contribution in [0.15, 0.2) is 29.3 Å². The molecule has 140 valence electrons. The number of phenolic OH excluding ortho intramolecular Hbond substituents is 1. The fraction of sp³-hybridized carbons (Fsp3) is 0.556. The summed E-state index contributed by atoms with van der Waals surface area (Å²) in [6, 6.07) is 6.54. The Morgan fingerprint density at radius 1 is 1.36 bits per heavy atom. The topological polar surface area (TPSA) is 77.0 Å². The van der Waals surface area contributed by atoms with Gasteiger partial charge < -0.3 is 20.6 Å². The van der Waals surface area contributed by atoms with Crippen LogP contribution in [0, 0.1) is 5.92 Å². The minimum atomic E-state index is -0.278. The van der Waals surface area contributed by atoms with Crippen LogP contribution in [0.1, 0.15) is 37.0 Å². The molecular weight excluding hydrogens is 431 g/mol. The van der Waals surface area contributed by atoms with Gasteiger partial charge in [-0.3, -0.25) is 9.79 Å². The Balaban J connectivity index is 0.00000312. The highest BCUT2D eigenvalue weighted by Crippen LogP contribution is 2.16. The van der Waals surface area contributed by atoms with Crippen molar-refractivity contribution in [3.8, 4) is 5.75 Å². The minimum absolute atomic E-state index is 0. The molecule has 1 heterocycles. The molecule has 1 aromatic carbocycles. The maximum absolute atomic E-state index is 12.0. The van der Waals surface area contributed by atoms with Crippen LogP contribution in [0.4, 0.5) is 0 Å². The number of benzene rings is 1. The lowest BCUT2D eigenvalue weighted by Gasteiger charge is -2.33. The maximum Gasteiger partial charge on any atom is 0.255 e. The third-order valence-electron chi connectivity index (χ3n) is 4.10. The first-order valence-corrected chi connectivity index (χ1v) is 8.71. The van der Waals surface area contributed by atoms with Crippen LogP contribution >= 0.6 is 24.0 Å². The molecule has 1 aliphatic rings. The second-order valence-corrected chi connectivity index (χ2v) is 6.20. The number of carbonyl (C=O) groups excluding carboxylic acids is 1. The normalized spacial score (nSPS) is 17.6. The zero-order valence-corrected chi connectivity index (χ0v) is 17.3. The highest BCUT2D eigenvalue weighted by molar-refractivity contribution is 14.0. The van der Waals surface area contributed by atoms with E-state index in [-0.39, 0.29) is 35.6 Å². The number of aromatic hydroxyl groups is 1. The number of amides is 1. The van der Waals surface area contributed by atoms with Gasteiger partial charge in [-0.2, -0.15) is 0 Å². The van der Waals surface area contributed by atoms with Gasteiger partial charge in [0.25, 0.3) is 5.91 Å². The Kier molecular flexibility index (Phi) is 9.62. The van der Waals surface area contributed by atoms with E-state index in [1.807, 2.05) is 0 Å². The van der Waals surface area contributed by atoms with E-state index in [0.717, 1.165) is 25.6 Å². The van der Waals surface area contributed by atoms with E-state index in [2.05, 4.69) is 34.4 Å². The van der Waals surface area contributed by atoms with Gasteiger partial charge in [0.05, 0.1) is 12.1 Å². The summed E-state index contributed by atoms with van der Waals surface area (Å²) in [5.74, 6) is 1.32. The predicted octanol–water partition coefficient (Wildman–Crippen LogP) is 2.44. The van der Waals surface area contributed by atoms with Gasteiger partial charge >= 0.3 is 0 Å². The quantitative estimate of drug-likeness (QED) is 0.273. The summed E-state index contributed by atoms with van der Waals surface area (Å²) in [4.78, 5) is 18.9. The molecule has 6 nitrogen and oxygen atoms in total. The number of guanidine groups is 1. The number of hydrogen-bond donors (Lipinski definition) is 3. The summed E-state index contributed by atoms with van der Waals surface area (Å²) in [7, 11) is 0. The van der Waals surface area contributed by atoms with Crippen molar-refractivity contribution >= 4 is 35.8 Å². The molecule has 2 rings (SSSR count). The van der Waals surface area contributed by atoms with Gasteiger partial charge in [0, 0.05) is 26.2 Å². The average molecular weight is 460 g/mol. The lowest BCUT2D eigenvalue weighted by atomic mass is 10.0. The van der Waals surface area contributed by atoms with E-state index in [0.29, 0.717) is 24.6 Å². The molecule has 25 heavy (non-hydrogen) atoms. The van der Waals surface area contributed by atoms with Gasteiger partial charge in [-0.15, -0.1) is 24.0 Å². The molecule has 1 aromatic rings. The summed E-state index contributed by atoms with van der Waals surface area (Å²) in [6.45, 7) is 8.15. The standard InChI is InChI=1S/C18H28N4O2.HI/c1-3-19-18(22-12-6-7-14(2)13-22)21-11-10-20-17(24)15-8-4-5-9-16(15)23;/h4-5,8-9,14,23H,3,6-7,10-13H2,1-2H3,(H,19,21)(H,20,24);1H. The highest BCUT2D eigenvalue weighted by Gasteiger charge is 2.19. The molecule has 7 heteroatoms. The third-order valence-corrected chi connectivity index (χ3v) is 4.10. The Morgan fingerprint density at radius 3 is 2.80 bits per heavy atom. The number of likely N-dealkylation sites (tertiary alicyclic amines) is 1. The zero-order chi connectivity index (χ0) is 17.4. The SMILES string of the molecule is CCNC(=NCCNC(=O)c1ccccc1O)N1CCCC(C)C1.I.